The molecule has 0 aliphatic carbocycles. The third-order valence-electron chi connectivity index (χ3n) is 5.02. The van der Waals surface area contributed by atoms with Gasteiger partial charge in [0.05, 0.1) is 6.61 Å². The van der Waals surface area contributed by atoms with Gasteiger partial charge in [0.2, 0.25) is 0 Å². The molecule has 0 saturated carbocycles. The van der Waals surface area contributed by atoms with E-state index in [1.807, 2.05) is 48.2 Å². The molecule has 2 aromatic carbocycles. The van der Waals surface area contributed by atoms with Gasteiger partial charge in [-0.15, -0.1) is 0 Å². The van der Waals surface area contributed by atoms with Gasteiger partial charge >= 0.3 is 0 Å². The summed E-state index contributed by atoms with van der Waals surface area (Å²) >= 11 is 0. The lowest BCUT2D eigenvalue weighted by Crippen LogP contribution is -2.38. The maximum absolute atomic E-state index is 12.5. The van der Waals surface area contributed by atoms with Crippen LogP contribution in [-0.4, -0.2) is 30.5 Å². The number of rotatable bonds is 5. The predicted molar refractivity (Wildman–Crippen MR) is 101 cm³/mol. The zero-order valence-corrected chi connectivity index (χ0v) is 15.2. The lowest BCUT2D eigenvalue weighted by molar-refractivity contribution is 0.0680. The van der Waals surface area contributed by atoms with Crippen LogP contribution in [0.15, 0.2) is 48.5 Å². The predicted octanol–water partition coefficient (Wildman–Crippen LogP) is 4.62. The Morgan fingerprint density at radius 2 is 1.52 bits per heavy atom. The van der Waals surface area contributed by atoms with Crippen LogP contribution in [0.4, 0.5) is 0 Å². The molecule has 3 heteroatoms. The molecule has 0 aromatic heterocycles. The lowest BCUT2D eigenvalue weighted by Gasteiger charge is -2.32. The van der Waals surface area contributed by atoms with Crippen molar-refractivity contribution < 1.29 is 9.53 Å². The van der Waals surface area contributed by atoms with Gasteiger partial charge in [0.25, 0.3) is 5.91 Å². The number of nitrogens with zero attached hydrogens (tertiary/aromatic N) is 1. The molecule has 3 nitrogen and oxygen atoms in total. The van der Waals surface area contributed by atoms with E-state index in [0.29, 0.717) is 5.92 Å². The van der Waals surface area contributed by atoms with Crippen LogP contribution in [0.25, 0.3) is 0 Å². The molecule has 1 amide bonds. The van der Waals surface area contributed by atoms with Gasteiger partial charge in [-0.1, -0.05) is 35.4 Å². The Labute approximate surface area is 150 Å². The molecule has 0 unspecified atom stereocenters. The SMILES string of the molecule is Cc1ccc(OCCC2CCN(C(=O)c3ccc(C)cc3)CC2)cc1. The first-order valence-corrected chi connectivity index (χ1v) is 9.17. The first-order valence-electron chi connectivity index (χ1n) is 9.17. The fourth-order valence-corrected chi connectivity index (χ4v) is 3.28. The smallest absolute Gasteiger partial charge is 0.253 e. The van der Waals surface area contributed by atoms with Crippen LogP contribution in [0.2, 0.25) is 0 Å². The minimum Gasteiger partial charge on any atom is -0.494 e. The molecule has 2 aromatic rings. The van der Waals surface area contributed by atoms with Gasteiger partial charge in [-0.25, -0.2) is 0 Å². The summed E-state index contributed by atoms with van der Waals surface area (Å²) in [5.74, 6) is 1.75. The third-order valence-corrected chi connectivity index (χ3v) is 5.02. The van der Waals surface area contributed by atoms with Crippen LogP contribution < -0.4 is 4.74 Å². The molecule has 25 heavy (non-hydrogen) atoms. The van der Waals surface area contributed by atoms with Crippen LogP contribution in [0.5, 0.6) is 5.75 Å². The van der Waals surface area contributed by atoms with E-state index < -0.39 is 0 Å². The van der Waals surface area contributed by atoms with E-state index in [1.54, 1.807) is 0 Å². The second-order valence-electron chi connectivity index (χ2n) is 7.05. The highest BCUT2D eigenvalue weighted by molar-refractivity contribution is 5.94. The zero-order chi connectivity index (χ0) is 17.6. The average Bonchev–Trinajstić information content (AvgIpc) is 2.64. The number of hydrogen-bond acceptors (Lipinski definition) is 2. The molecule has 132 valence electrons. The van der Waals surface area contributed by atoms with Crippen molar-refractivity contribution in [1.82, 2.24) is 4.90 Å². The Hall–Kier alpha value is -2.29. The summed E-state index contributed by atoms with van der Waals surface area (Å²) in [4.78, 5) is 14.5. The second-order valence-corrected chi connectivity index (χ2v) is 7.05. The highest BCUT2D eigenvalue weighted by atomic mass is 16.5. The van der Waals surface area contributed by atoms with E-state index >= 15 is 0 Å². The summed E-state index contributed by atoms with van der Waals surface area (Å²) < 4.78 is 5.84. The van der Waals surface area contributed by atoms with Crippen LogP contribution in [0.3, 0.4) is 0 Å². The zero-order valence-electron chi connectivity index (χ0n) is 15.2. The largest absolute Gasteiger partial charge is 0.494 e. The number of piperidine rings is 1. The number of benzene rings is 2. The summed E-state index contributed by atoms with van der Waals surface area (Å²) in [6, 6.07) is 16.1. The van der Waals surface area contributed by atoms with Crippen molar-refractivity contribution in [2.75, 3.05) is 19.7 Å². The van der Waals surface area contributed by atoms with Gasteiger partial charge in [-0.2, -0.15) is 0 Å². The molecule has 0 N–H and O–H groups in total. The number of aryl methyl sites for hydroxylation is 2. The Balaban J connectivity index is 1.41. The standard InChI is InChI=1S/C22H27NO2/c1-17-3-7-20(8-4-17)22(24)23-14-11-19(12-15-23)13-16-25-21-9-5-18(2)6-10-21/h3-10,19H,11-16H2,1-2H3. The van der Waals surface area contributed by atoms with Crippen molar-refractivity contribution in [3.63, 3.8) is 0 Å². The van der Waals surface area contributed by atoms with E-state index in [2.05, 4.69) is 19.1 Å². The quantitative estimate of drug-likeness (QED) is 0.796. The third kappa shape index (κ3) is 4.85. The summed E-state index contributed by atoms with van der Waals surface area (Å²) in [6.45, 7) is 6.57. The lowest BCUT2D eigenvalue weighted by atomic mass is 9.93. The van der Waals surface area contributed by atoms with Gasteiger partial charge < -0.3 is 9.64 Å². The molecule has 1 fully saturated rings. The Bertz CT molecular complexity index is 683. The number of ether oxygens (including phenoxy) is 1. The first-order chi connectivity index (χ1) is 12.1. The Kier molecular flexibility index (Phi) is 5.75. The summed E-state index contributed by atoms with van der Waals surface area (Å²) in [5.41, 5.74) is 3.23. The van der Waals surface area contributed by atoms with Crippen LogP contribution in [-0.2, 0) is 0 Å². The number of carbonyl (C=O) groups is 1. The molecular weight excluding hydrogens is 310 g/mol. The molecule has 0 bridgehead atoms. The van der Waals surface area contributed by atoms with Crippen LogP contribution >= 0.6 is 0 Å². The van der Waals surface area contributed by atoms with Crippen molar-refractivity contribution in [3.8, 4) is 5.75 Å². The van der Waals surface area contributed by atoms with Crippen molar-refractivity contribution in [2.45, 2.75) is 33.1 Å². The van der Waals surface area contributed by atoms with Crippen LogP contribution in [0.1, 0.15) is 40.7 Å². The first kappa shape index (κ1) is 17.5. The molecular formula is C22H27NO2. The van der Waals surface area contributed by atoms with Crippen molar-refractivity contribution in [1.29, 1.82) is 0 Å². The molecule has 1 aliphatic rings. The molecule has 0 atom stereocenters. The van der Waals surface area contributed by atoms with Gasteiger partial charge in [0, 0.05) is 18.7 Å². The topological polar surface area (TPSA) is 29.5 Å². The highest BCUT2D eigenvalue weighted by Gasteiger charge is 2.23. The normalized spacial score (nSPS) is 15.2. The fourth-order valence-electron chi connectivity index (χ4n) is 3.28. The maximum atomic E-state index is 12.5. The average molecular weight is 337 g/mol. The van der Waals surface area contributed by atoms with Gasteiger partial charge in [-0.05, 0) is 63.3 Å². The molecule has 0 spiro atoms. The van der Waals surface area contributed by atoms with E-state index in [0.717, 1.165) is 50.3 Å². The molecule has 1 heterocycles. The van der Waals surface area contributed by atoms with E-state index in [-0.39, 0.29) is 5.91 Å². The van der Waals surface area contributed by atoms with Crippen molar-refractivity contribution in [2.24, 2.45) is 5.92 Å². The minimum absolute atomic E-state index is 0.161. The van der Waals surface area contributed by atoms with Crippen LogP contribution in [0, 0.1) is 19.8 Å². The summed E-state index contributed by atoms with van der Waals surface area (Å²) in [5, 5.41) is 0. The van der Waals surface area contributed by atoms with Crippen molar-refractivity contribution in [3.05, 3.63) is 65.2 Å². The second kappa shape index (κ2) is 8.19. The highest BCUT2D eigenvalue weighted by Crippen LogP contribution is 2.22. The van der Waals surface area contributed by atoms with E-state index in [4.69, 9.17) is 4.74 Å². The number of amides is 1. The number of carbonyl (C=O) groups excluding carboxylic acids is 1. The molecule has 1 aliphatic heterocycles. The monoisotopic (exact) mass is 337 g/mol. The Morgan fingerprint density at radius 3 is 2.12 bits per heavy atom. The fraction of sp³-hybridized carbons (Fsp3) is 0.409. The van der Waals surface area contributed by atoms with Gasteiger partial charge in [0.15, 0.2) is 0 Å². The van der Waals surface area contributed by atoms with Gasteiger partial charge in [-0.3, -0.25) is 4.79 Å². The maximum Gasteiger partial charge on any atom is 0.253 e. The summed E-state index contributed by atoms with van der Waals surface area (Å²) in [6.07, 6.45) is 3.18. The van der Waals surface area contributed by atoms with E-state index in [1.165, 1.54) is 11.1 Å². The minimum atomic E-state index is 0.161. The molecule has 3 rings (SSSR count). The number of likely N-dealkylation sites (tertiary alicyclic amines) is 1. The number of hydrogen-bond donors (Lipinski definition) is 0. The molecule has 1 saturated heterocycles. The summed E-state index contributed by atoms with van der Waals surface area (Å²) in [7, 11) is 0. The van der Waals surface area contributed by atoms with Gasteiger partial charge in [0.1, 0.15) is 5.75 Å². The Morgan fingerprint density at radius 1 is 0.960 bits per heavy atom. The van der Waals surface area contributed by atoms with Crippen molar-refractivity contribution >= 4 is 5.91 Å². The molecule has 0 radical (unpaired) electrons. The van der Waals surface area contributed by atoms with E-state index in [9.17, 15) is 4.79 Å².